The summed E-state index contributed by atoms with van der Waals surface area (Å²) in [4.78, 5) is 25.0. The highest BCUT2D eigenvalue weighted by Gasteiger charge is 2.11. The molecule has 0 radical (unpaired) electrons. The fourth-order valence-electron chi connectivity index (χ4n) is 2.37. The maximum absolute atomic E-state index is 11.8. The molecule has 1 aromatic carbocycles. The topological polar surface area (TPSA) is 67.9 Å². The number of methoxy groups -OCH3 is 2. The van der Waals surface area contributed by atoms with Crippen LogP contribution >= 0.6 is 0 Å². The Bertz CT molecular complexity index is 546. The van der Waals surface area contributed by atoms with Gasteiger partial charge in [-0.2, -0.15) is 0 Å². The van der Waals surface area contributed by atoms with E-state index >= 15 is 0 Å². The van der Waals surface area contributed by atoms with Gasteiger partial charge in [-0.05, 0) is 30.5 Å². The quantitative estimate of drug-likeness (QED) is 0.710. The Balaban J connectivity index is 2.54. The van der Waals surface area contributed by atoms with Crippen LogP contribution in [0.3, 0.4) is 0 Å². The summed E-state index contributed by atoms with van der Waals surface area (Å²) in [6, 6.07) is 5.74. The Morgan fingerprint density at radius 2 is 1.83 bits per heavy atom. The van der Waals surface area contributed by atoms with Gasteiger partial charge in [-0.3, -0.25) is 9.59 Å². The number of carbonyl (C=O) groups is 2. The number of nitrogens with zero attached hydrogens (tertiary/aromatic N) is 1. The standard InChI is InChI=1S/C18H28N2O4/c1-5-6-18(22)19-10-12-20(14(2)21)11-9-15-7-8-16(23-3)17(13-15)24-4/h7-8,13H,5-6,9-12H2,1-4H3,(H,19,22). The number of hydrogen-bond donors (Lipinski definition) is 1. The van der Waals surface area contributed by atoms with Crippen molar-refractivity contribution in [3.05, 3.63) is 23.8 Å². The molecule has 0 spiro atoms. The minimum atomic E-state index is 0.000201. The summed E-state index contributed by atoms with van der Waals surface area (Å²) in [5.41, 5.74) is 1.06. The van der Waals surface area contributed by atoms with Crippen molar-refractivity contribution in [2.24, 2.45) is 0 Å². The van der Waals surface area contributed by atoms with E-state index in [1.807, 2.05) is 25.1 Å². The average Bonchev–Trinajstić information content (AvgIpc) is 2.57. The van der Waals surface area contributed by atoms with Crippen molar-refractivity contribution in [3.8, 4) is 11.5 Å². The summed E-state index contributed by atoms with van der Waals surface area (Å²) in [7, 11) is 3.20. The number of ether oxygens (including phenoxy) is 2. The first-order valence-corrected chi connectivity index (χ1v) is 8.24. The third-order valence-electron chi connectivity index (χ3n) is 3.74. The monoisotopic (exact) mass is 336 g/mol. The lowest BCUT2D eigenvalue weighted by atomic mass is 10.1. The van der Waals surface area contributed by atoms with Crippen LogP contribution in [0.15, 0.2) is 18.2 Å². The van der Waals surface area contributed by atoms with Gasteiger partial charge in [0.15, 0.2) is 11.5 Å². The van der Waals surface area contributed by atoms with Crippen LogP contribution in [0.1, 0.15) is 32.3 Å². The van der Waals surface area contributed by atoms with Crippen LogP contribution in [0.5, 0.6) is 11.5 Å². The first-order valence-electron chi connectivity index (χ1n) is 8.24. The van der Waals surface area contributed by atoms with Gasteiger partial charge in [-0.1, -0.05) is 13.0 Å². The van der Waals surface area contributed by atoms with Crippen LogP contribution in [-0.2, 0) is 16.0 Å². The molecule has 2 amide bonds. The predicted octanol–water partition coefficient (Wildman–Crippen LogP) is 2.01. The van der Waals surface area contributed by atoms with Crippen LogP contribution in [0, 0.1) is 0 Å². The minimum absolute atomic E-state index is 0.000201. The molecule has 6 heteroatoms. The van der Waals surface area contributed by atoms with Gasteiger partial charge in [-0.15, -0.1) is 0 Å². The summed E-state index contributed by atoms with van der Waals surface area (Å²) in [6.07, 6.45) is 2.05. The molecule has 0 bridgehead atoms. The summed E-state index contributed by atoms with van der Waals surface area (Å²) in [5, 5.41) is 2.83. The second-order valence-electron chi connectivity index (χ2n) is 5.55. The molecule has 1 aromatic rings. The van der Waals surface area contributed by atoms with E-state index in [1.165, 1.54) is 0 Å². The molecule has 0 heterocycles. The van der Waals surface area contributed by atoms with Crippen molar-refractivity contribution in [1.82, 2.24) is 10.2 Å². The van der Waals surface area contributed by atoms with Gasteiger partial charge >= 0.3 is 0 Å². The zero-order chi connectivity index (χ0) is 17.9. The molecular weight excluding hydrogens is 308 g/mol. The summed E-state index contributed by atoms with van der Waals surface area (Å²) in [5.74, 6) is 1.39. The fourth-order valence-corrected chi connectivity index (χ4v) is 2.37. The second-order valence-corrected chi connectivity index (χ2v) is 5.55. The molecule has 0 unspecified atom stereocenters. The Morgan fingerprint density at radius 3 is 2.42 bits per heavy atom. The molecule has 0 aliphatic carbocycles. The molecule has 134 valence electrons. The molecule has 0 aliphatic rings. The number of amides is 2. The first kappa shape index (κ1) is 19.8. The summed E-state index contributed by atoms with van der Waals surface area (Å²) >= 11 is 0. The van der Waals surface area contributed by atoms with Crippen molar-refractivity contribution < 1.29 is 19.1 Å². The van der Waals surface area contributed by atoms with Crippen molar-refractivity contribution in [2.45, 2.75) is 33.1 Å². The molecule has 6 nitrogen and oxygen atoms in total. The van der Waals surface area contributed by atoms with Crippen LogP contribution in [0.4, 0.5) is 0 Å². The SMILES string of the molecule is CCCC(=O)NCCN(CCc1ccc(OC)c(OC)c1)C(C)=O. The summed E-state index contributed by atoms with van der Waals surface area (Å²) < 4.78 is 10.5. The van der Waals surface area contributed by atoms with E-state index in [0.717, 1.165) is 12.0 Å². The second kappa shape index (κ2) is 10.5. The Kier molecular flexibility index (Phi) is 8.68. The molecule has 0 aliphatic heterocycles. The summed E-state index contributed by atoms with van der Waals surface area (Å²) in [6.45, 7) is 5.09. The predicted molar refractivity (Wildman–Crippen MR) is 93.4 cm³/mol. The van der Waals surface area contributed by atoms with Crippen LogP contribution in [0.25, 0.3) is 0 Å². The van der Waals surface area contributed by atoms with Gasteiger partial charge in [0, 0.05) is 33.0 Å². The smallest absolute Gasteiger partial charge is 0.220 e. The molecule has 1 rings (SSSR count). The van der Waals surface area contributed by atoms with Crippen molar-refractivity contribution in [3.63, 3.8) is 0 Å². The van der Waals surface area contributed by atoms with Crippen molar-refractivity contribution in [1.29, 1.82) is 0 Å². The lowest BCUT2D eigenvalue weighted by molar-refractivity contribution is -0.129. The molecule has 0 saturated carbocycles. The van der Waals surface area contributed by atoms with Gasteiger partial charge < -0.3 is 19.7 Å². The Hall–Kier alpha value is -2.24. The van der Waals surface area contributed by atoms with Crippen LogP contribution < -0.4 is 14.8 Å². The highest BCUT2D eigenvalue weighted by atomic mass is 16.5. The average molecular weight is 336 g/mol. The molecule has 24 heavy (non-hydrogen) atoms. The lowest BCUT2D eigenvalue weighted by Crippen LogP contribution is -2.38. The van der Waals surface area contributed by atoms with E-state index in [4.69, 9.17) is 9.47 Å². The number of rotatable bonds is 10. The number of nitrogens with one attached hydrogen (secondary N) is 1. The molecule has 1 N–H and O–H groups in total. The maximum atomic E-state index is 11.8. The van der Waals surface area contributed by atoms with E-state index < -0.39 is 0 Å². The van der Waals surface area contributed by atoms with E-state index in [0.29, 0.717) is 44.0 Å². The zero-order valence-corrected chi connectivity index (χ0v) is 15.1. The van der Waals surface area contributed by atoms with Crippen molar-refractivity contribution >= 4 is 11.8 Å². The Labute approximate surface area is 144 Å². The van der Waals surface area contributed by atoms with E-state index in [1.54, 1.807) is 26.0 Å². The molecule has 0 aromatic heterocycles. The van der Waals surface area contributed by atoms with E-state index in [-0.39, 0.29) is 11.8 Å². The number of benzene rings is 1. The molecule has 0 fully saturated rings. The van der Waals surface area contributed by atoms with Crippen LogP contribution in [0.2, 0.25) is 0 Å². The van der Waals surface area contributed by atoms with Gasteiger partial charge in [0.05, 0.1) is 14.2 Å². The normalized spacial score (nSPS) is 10.2. The third-order valence-corrected chi connectivity index (χ3v) is 3.74. The van der Waals surface area contributed by atoms with Gasteiger partial charge in [0.1, 0.15) is 0 Å². The highest BCUT2D eigenvalue weighted by Crippen LogP contribution is 2.27. The molecular formula is C18H28N2O4. The van der Waals surface area contributed by atoms with E-state index in [2.05, 4.69) is 5.32 Å². The Morgan fingerprint density at radius 1 is 1.12 bits per heavy atom. The minimum Gasteiger partial charge on any atom is -0.493 e. The van der Waals surface area contributed by atoms with Crippen LogP contribution in [-0.4, -0.2) is 50.6 Å². The lowest BCUT2D eigenvalue weighted by Gasteiger charge is -2.21. The first-order chi connectivity index (χ1) is 11.5. The molecule has 0 saturated heterocycles. The largest absolute Gasteiger partial charge is 0.493 e. The number of carbonyl (C=O) groups excluding carboxylic acids is 2. The molecule has 0 atom stereocenters. The van der Waals surface area contributed by atoms with E-state index in [9.17, 15) is 9.59 Å². The van der Waals surface area contributed by atoms with Gasteiger partial charge in [-0.25, -0.2) is 0 Å². The zero-order valence-electron chi connectivity index (χ0n) is 15.1. The third kappa shape index (κ3) is 6.48. The fraction of sp³-hybridized carbons (Fsp3) is 0.556. The highest BCUT2D eigenvalue weighted by molar-refractivity contribution is 5.76. The maximum Gasteiger partial charge on any atom is 0.220 e. The van der Waals surface area contributed by atoms with Crippen molar-refractivity contribution in [2.75, 3.05) is 33.9 Å². The van der Waals surface area contributed by atoms with Gasteiger partial charge in [0.25, 0.3) is 0 Å². The van der Waals surface area contributed by atoms with Gasteiger partial charge in [0.2, 0.25) is 11.8 Å². The number of hydrogen-bond acceptors (Lipinski definition) is 4.